The fourth-order valence-electron chi connectivity index (χ4n) is 1.22. The molecule has 1 rings (SSSR count). The van der Waals surface area contributed by atoms with Crippen LogP contribution in [0.3, 0.4) is 0 Å². The van der Waals surface area contributed by atoms with Crippen LogP contribution in [0.2, 0.25) is 5.02 Å². The lowest BCUT2D eigenvalue weighted by Crippen LogP contribution is -2.16. The Morgan fingerprint density at radius 3 is 2.69 bits per heavy atom. The molecular formula is C9H7ClF3NO2. The van der Waals surface area contributed by atoms with Gasteiger partial charge in [0.1, 0.15) is 0 Å². The number of aromatic nitrogens is 1. The van der Waals surface area contributed by atoms with Crippen molar-refractivity contribution in [2.24, 2.45) is 0 Å². The van der Waals surface area contributed by atoms with E-state index in [1.807, 2.05) is 0 Å². The Hall–Kier alpha value is -1.30. The van der Waals surface area contributed by atoms with Crippen LogP contribution in [0.5, 0.6) is 0 Å². The van der Waals surface area contributed by atoms with Gasteiger partial charge in [-0.1, -0.05) is 11.6 Å². The zero-order valence-electron chi connectivity index (χ0n) is 7.83. The molecule has 1 unspecified atom stereocenters. The number of pyridine rings is 1. The molecule has 0 saturated carbocycles. The van der Waals surface area contributed by atoms with Crippen LogP contribution in [0.1, 0.15) is 17.9 Å². The molecule has 0 fully saturated rings. The number of halogens is 4. The van der Waals surface area contributed by atoms with Crippen LogP contribution < -0.4 is 0 Å². The third-order valence-electron chi connectivity index (χ3n) is 1.93. The van der Waals surface area contributed by atoms with Gasteiger partial charge < -0.3 is 5.11 Å². The minimum absolute atomic E-state index is 0.0209. The van der Waals surface area contributed by atoms with Crippen molar-refractivity contribution in [2.45, 2.75) is 18.8 Å². The van der Waals surface area contributed by atoms with Crippen molar-refractivity contribution in [2.75, 3.05) is 0 Å². The number of aliphatic carboxylic acids is 1. The van der Waals surface area contributed by atoms with Gasteiger partial charge in [0.05, 0.1) is 17.4 Å². The number of alkyl halides is 2. The van der Waals surface area contributed by atoms with Gasteiger partial charge in [0, 0.05) is 11.8 Å². The number of hydrogen-bond acceptors (Lipinski definition) is 2. The van der Waals surface area contributed by atoms with Gasteiger partial charge in [-0.25, -0.2) is 13.8 Å². The summed E-state index contributed by atoms with van der Waals surface area (Å²) < 4.78 is 38.2. The van der Waals surface area contributed by atoms with Crippen LogP contribution in [0.15, 0.2) is 12.3 Å². The molecule has 0 saturated heterocycles. The van der Waals surface area contributed by atoms with Gasteiger partial charge in [0.25, 0.3) is 0 Å². The number of carbonyl (C=O) groups is 1. The van der Waals surface area contributed by atoms with E-state index in [0.29, 0.717) is 0 Å². The molecule has 1 heterocycles. The third kappa shape index (κ3) is 3.10. The first-order valence-corrected chi connectivity index (χ1v) is 4.60. The average Bonchev–Trinajstić information content (AvgIpc) is 2.18. The number of nitrogens with zero attached hydrogens (tertiary/aromatic N) is 1. The SMILES string of the molecule is O=C(O)CC(c1cc(Cl)cnc1F)C(F)F. The van der Waals surface area contributed by atoms with E-state index in [2.05, 4.69) is 4.98 Å². The molecule has 88 valence electrons. The summed E-state index contributed by atoms with van der Waals surface area (Å²) in [6.07, 6.45) is -2.91. The van der Waals surface area contributed by atoms with Gasteiger partial charge in [-0.15, -0.1) is 0 Å². The van der Waals surface area contributed by atoms with E-state index in [9.17, 15) is 18.0 Å². The zero-order valence-corrected chi connectivity index (χ0v) is 8.59. The Kier molecular flexibility index (Phi) is 4.12. The monoisotopic (exact) mass is 253 g/mol. The molecule has 0 aromatic carbocycles. The molecule has 0 spiro atoms. The molecular weight excluding hydrogens is 247 g/mol. The zero-order chi connectivity index (χ0) is 12.3. The maximum Gasteiger partial charge on any atom is 0.304 e. The van der Waals surface area contributed by atoms with Gasteiger partial charge in [-0.2, -0.15) is 4.39 Å². The van der Waals surface area contributed by atoms with Gasteiger partial charge in [0.2, 0.25) is 12.4 Å². The van der Waals surface area contributed by atoms with Crippen LogP contribution in [-0.4, -0.2) is 22.5 Å². The van der Waals surface area contributed by atoms with E-state index < -0.39 is 36.2 Å². The highest BCUT2D eigenvalue weighted by Crippen LogP contribution is 2.29. The summed E-state index contributed by atoms with van der Waals surface area (Å²) in [6.45, 7) is 0. The van der Waals surface area contributed by atoms with Crippen molar-refractivity contribution in [1.82, 2.24) is 4.98 Å². The van der Waals surface area contributed by atoms with Gasteiger partial charge in [-0.3, -0.25) is 4.79 Å². The molecule has 7 heteroatoms. The number of hydrogen-bond donors (Lipinski definition) is 1. The maximum atomic E-state index is 13.1. The minimum Gasteiger partial charge on any atom is -0.481 e. The van der Waals surface area contributed by atoms with Gasteiger partial charge >= 0.3 is 5.97 Å². The Morgan fingerprint density at radius 1 is 1.56 bits per heavy atom. The summed E-state index contributed by atoms with van der Waals surface area (Å²) in [7, 11) is 0. The smallest absolute Gasteiger partial charge is 0.304 e. The predicted molar refractivity (Wildman–Crippen MR) is 50.2 cm³/mol. The second-order valence-corrected chi connectivity index (χ2v) is 3.51. The fourth-order valence-corrected chi connectivity index (χ4v) is 1.39. The van der Waals surface area contributed by atoms with E-state index in [0.717, 1.165) is 12.3 Å². The van der Waals surface area contributed by atoms with Crippen LogP contribution in [0.25, 0.3) is 0 Å². The van der Waals surface area contributed by atoms with E-state index >= 15 is 0 Å². The number of rotatable bonds is 4. The summed E-state index contributed by atoms with van der Waals surface area (Å²) in [4.78, 5) is 13.5. The van der Waals surface area contributed by atoms with Crippen molar-refractivity contribution in [1.29, 1.82) is 0 Å². The normalized spacial score (nSPS) is 12.8. The largest absolute Gasteiger partial charge is 0.481 e. The third-order valence-corrected chi connectivity index (χ3v) is 2.14. The molecule has 0 aliphatic rings. The average molecular weight is 254 g/mol. The maximum absolute atomic E-state index is 13.1. The lowest BCUT2D eigenvalue weighted by atomic mass is 9.97. The van der Waals surface area contributed by atoms with Crippen molar-refractivity contribution >= 4 is 17.6 Å². The summed E-state index contributed by atoms with van der Waals surface area (Å²) >= 11 is 5.48. The Bertz CT molecular complexity index is 400. The quantitative estimate of drug-likeness (QED) is 0.840. The van der Waals surface area contributed by atoms with Crippen LogP contribution in [0, 0.1) is 5.95 Å². The summed E-state index contributed by atoms with van der Waals surface area (Å²) in [5.41, 5.74) is -0.482. The molecule has 0 amide bonds. The lowest BCUT2D eigenvalue weighted by molar-refractivity contribution is -0.138. The second-order valence-electron chi connectivity index (χ2n) is 3.07. The summed E-state index contributed by atoms with van der Waals surface area (Å²) in [6, 6.07) is 0.962. The van der Waals surface area contributed by atoms with E-state index in [4.69, 9.17) is 16.7 Å². The topological polar surface area (TPSA) is 50.2 Å². The molecule has 0 aliphatic heterocycles. The second kappa shape index (κ2) is 5.16. The highest BCUT2D eigenvalue weighted by atomic mass is 35.5. The van der Waals surface area contributed by atoms with E-state index in [1.165, 1.54) is 0 Å². The summed E-state index contributed by atoms with van der Waals surface area (Å²) in [5, 5.41) is 8.42. The molecule has 0 radical (unpaired) electrons. The highest BCUT2D eigenvalue weighted by Gasteiger charge is 2.28. The Balaban J connectivity index is 3.09. The molecule has 1 atom stereocenters. The molecule has 0 aliphatic carbocycles. The van der Waals surface area contributed by atoms with Crippen molar-refractivity contribution in [3.05, 3.63) is 28.8 Å². The van der Waals surface area contributed by atoms with Crippen molar-refractivity contribution in [3.63, 3.8) is 0 Å². The summed E-state index contributed by atoms with van der Waals surface area (Å²) in [5.74, 6) is -4.32. The number of carboxylic acids is 1. The predicted octanol–water partition coefficient (Wildman–Crippen LogP) is 2.70. The first-order chi connectivity index (χ1) is 7.41. The van der Waals surface area contributed by atoms with Gasteiger partial charge in [-0.05, 0) is 6.07 Å². The van der Waals surface area contributed by atoms with Crippen LogP contribution >= 0.6 is 11.6 Å². The lowest BCUT2D eigenvalue weighted by Gasteiger charge is -2.14. The Labute approximate surface area is 93.9 Å². The van der Waals surface area contributed by atoms with Crippen LogP contribution in [0.4, 0.5) is 13.2 Å². The van der Waals surface area contributed by atoms with E-state index in [-0.39, 0.29) is 5.02 Å². The van der Waals surface area contributed by atoms with Crippen molar-refractivity contribution < 1.29 is 23.1 Å². The fraction of sp³-hybridized carbons (Fsp3) is 0.333. The van der Waals surface area contributed by atoms with E-state index in [1.54, 1.807) is 0 Å². The first-order valence-electron chi connectivity index (χ1n) is 4.22. The molecule has 1 N–H and O–H groups in total. The standard InChI is InChI=1S/C9H7ClF3NO2/c10-4-1-6(9(13)14-3-4)5(8(11)12)2-7(15)16/h1,3,5,8H,2H2,(H,15,16). The molecule has 16 heavy (non-hydrogen) atoms. The number of carboxylic acid groups (broad SMARTS) is 1. The highest BCUT2D eigenvalue weighted by molar-refractivity contribution is 6.30. The minimum atomic E-state index is -2.99. The van der Waals surface area contributed by atoms with Crippen LogP contribution in [-0.2, 0) is 4.79 Å². The van der Waals surface area contributed by atoms with Crippen molar-refractivity contribution in [3.8, 4) is 0 Å². The molecule has 1 aromatic heterocycles. The molecule has 1 aromatic rings. The Morgan fingerprint density at radius 2 is 2.19 bits per heavy atom. The van der Waals surface area contributed by atoms with Gasteiger partial charge in [0.15, 0.2) is 0 Å². The first kappa shape index (κ1) is 12.8. The molecule has 0 bridgehead atoms. The molecule has 3 nitrogen and oxygen atoms in total.